The zero-order valence-electron chi connectivity index (χ0n) is 20.3. The summed E-state index contributed by atoms with van der Waals surface area (Å²) in [5.74, 6) is 3.14. The van der Waals surface area contributed by atoms with Crippen LogP contribution in [0, 0.1) is 0 Å². The van der Waals surface area contributed by atoms with Crippen LogP contribution < -0.4 is 29.2 Å². The molecule has 0 radical (unpaired) electrons. The molecule has 1 aliphatic heterocycles. The van der Waals surface area contributed by atoms with E-state index in [2.05, 4.69) is 20.4 Å². The fourth-order valence-electron chi connectivity index (χ4n) is 3.94. The highest BCUT2D eigenvalue weighted by molar-refractivity contribution is 5.93. The summed E-state index contributed by atoms with van der Waals surface area (Å²) in [6.45, 7) is 2.37. The maximum atomic E-state index is 12.9. The number of rotatable bonds is 7. The van der Waals surface area contributed by atoms with E-state index in [1.54, 1.807) is 45.5 Å². The first-order valence-electron chi connectivity index (χ1n) is 11.2. The van der Waals surface area contributed by atoms with Gasteiger partial charge in [-0.15, -0.1) is 10.2 Å². The van der Waals surface area contributed by atoms with Crippen LogP contribution in [0.3, 0.4) is 0 Å². The third-order valence-electron chi connectivity index (χ3n) is 5.88. The maximum absolute atomic E-state index is 12.9. The van der Waals surface area contributed by atoms with Gasteiger partial charge in [-0.25, -0.2) is 4.79 Å². The number of urea groups is 1. The Morgan fingerprint density at radius 2 is 1.43 bits per heavy atom. The van der Waals surface area contributed by atoms with E-state index in [1.165, 1.54) is 0 Å². The Morgan fingerprint density at radius 1 is 0.771 bits per heavy atom. The van der Waals surface area contributed by atoms with Gasteiger partial charge in [0.05, 0.1) is 34.1 Å². The van der Waals surface area contributed by atoms with Gasteiger partial charge in [-0.2, -0.15) is 0 Å². The number of aromatic nitrogens is 2. The van der Waals surface area contributed by atoms with Gasteiger partial charge in [-0.05, 0) is 42.5 Å². The van der Waals surface area contributed by atoms with Gasteiger partial charge in [0.1, 0.15) is 17.2 Å². The molecule has 10 heteroatoms. The van der Waals surface area contributed by atoms with E-state index in [0.717, 1.165) is 17.1 Å². The number of piperazine rings is 1. The van der Waals surface area contributed by atoms with E-state index in [-0.39, 0.29) is 6.03 Å². The lowest BCUT2D eigenvalue weighted by Crippen LogP contribution is -2.50. The fourth-order valence-corrected chi connectivity index (χ4v) is 3.94. The maximum Gasteiger partial charge on any atom is 0.322 e. The summed E-state index contributed by atoms with van der Waals surface area (Å²) in [7, 11) is 6.31. The number of hydrogen-bond acceptors (Lipinski definition) is 8. The summed E-state index contributed by atoms with van der Waals surface area (Å²) < 4.78 is 21.4. The van der Waals surface area contributed by atoms with Crippen LogP contribution in [-0.4, -0.2) is 75.7 Å². The van der Waals surface area contributed by atoms with Crippen molar-refractivity contribution in [2.75, 3.05) is 64.8 Å². The second-order valence-electron chi connectivity index (χ2n) is 7.79. The molecule has 35 heavy (non-hydrogen) atoms. The predicted molar refractivity (Wildman–Crippen MR) is 133 cm³/mol. The molecule has 1 aliphatic rings. The Morgan fingerprint density at radius 3 is 2.00 bits per heavy atom. The lowest BCUT2D eigenvalue weighted by atomic mass is 10.1. The molecule has 0 atom stereocenters. The minimum absolute atomic E-state index is 0.206. The lowest BCUT2D eigenvalue weighted by molar-refractivity contribution is 0.207. The normalized spacial score (nSPS) is 13.3. The van der Waals surface area contributed by atoms with Crippen LogP contribution >= 0.6 is 0 Å². The first-order valence-corrected chi connectivity index (χ1v) is 11.2. The number of hydrogen-bond donors (Lipinski definition) is 1. The molecular formula is C25H29N5O5. The number of para-hydroxylation sites is 1. The van der Waals surface area contributed by atoms with Crippen molar-refractivity contribution in [3.63, 3.8) is 0 Å². The van der Waals surface area contributed by atoms with Crippen LogP contribution in [0.25, 0.3) is 11.3 Å². The molecule has 10 nitrogen and oxygen atoms in total. The van der Waals surface area contributed by atoms with Gasteiger partial charge < -0.3 is 34.1 Å². The van der Waals surface area contributed by atoms with Crippen molar-refractivity contribution < 1.29 is 23.7 Å². The monoisotopic (exact) mass is 479 g/mol. The summed E-state index contributed by atoms with van der Waals surface area (Å²) in [5.41, 5.74) is 2.13. The fraction of sp³-hybridized carbons (Fsp3) is 0.320. The number of carbonyl (C=O) groups is 1. The second-order valence-corrected chi connectivity index (χ2v) is 7.79. The number of benzene rings is 2. The average Bonchev–Trinajstić information content (AvgIpc) is 2.92. The number of anilines is 2. The van der Waals surface area contributed by atoms with E-state index in [1.807, 2.05) is 36.4 Å². The molecule has 1 N–H and O–H groups in total. The largest absolute Gasteiger partial charge is 0.494 e. The topological polar surface area (TPSA) is 98.3 Å². The van der Waals surface area contributed by atoms with Crippen LogP contribution in [0.2, 0.25) is 0 Å². The molecule has 0 unspecified atom stereocenters. The Balaban J connectivity index is 1.38. The summed E-state index contributed by atoms with van der Waals surface area (Å²) in [6.07, 6.45) is 0. The van der Waals surface area contributed by atoms with Crippen LogP contribution in [0.5, 0.6) is 23.0 Å². The highest BCUT2D eigenvalue weighted by atomic mass is 16.5. The van der Waals surface area contributed by atoms with Gasteiger partial charge in [-0.1, -0.05) is 6.07 Å². The number of nitrogens with zero attached hydrogens (tertiary/aromatic N) is 4. The third kappa shape index (κ3) is 5.16. The van der Waals surface area contributed by atoms with Crippen LogP contribution in [-0.2, 0) is 0 Å². The second kappa shape index (κ2) is 10.8. The SMILES string of the molecule is COc1ccc(-c2ccc(N3CCN(C(=O)Nc4c(OC)cccc4OC)CC3)nn2)cc1OC. The number of amides is 2. The number of carbonyl (C=O) groups excluding carboxylic acids is 1. The molecule has 184 valence electrons. The molecule has 1 saturated heterocycles. The van der Waals surface area contributed by atoms with Crippen molar-refractivity contribution in [3.8, 4) is 34.3 Å². The highest BCUT2D eigenvalue weighted by Crippen LogP contribution is 2.34. The first kappa shape index (κ1) is 23.9. The molecule has 4 rings (SSSR count). The molecule has 2 aromatic carbocycles. The first-order chi connectivity index (χ1) is 17.1. The van der Waals surface area contributed by atoms with Crippen molar-refractivity contribution >= 4 is 17.5 Å². The Hall–Kier alpha value is -4.21. The van der Waals surface area contributed by atoms with E-state index in [0.29, 0.717) is 54.9 Å². The van der Waals surface area contributed by atoms with Crippen molar-refractivity contribution in [3.05, 3.63) is 48.5 Å². The number of methoxy groups -OCH3 is 4. The standard InChI is InChI=1S/C25H29N5O5/c1-32-19-10-8-17(16-22(19)35-4)18-9-11-23(28-27-18)29-12-14-30(15-13-29)25(31)26-24-20(33-2)6-5-7-21(24)34-3/h5-11,16H,12-15H2,1-4H3,(H,26,31). The van der Waals surface area contributed by atoms with Gasteiger partial charge >= 0.3 is 6.03 Å². The zero-order valence-corrected chi connectivity index (χ0v) is 20.3. The molecule has 2 heterocycles. The Bertz CT molecular complexity index is 1140. The van der Waals surface area contributed by atoms with Gasteiger partial charge in [0.2, 0.25) is 0 Å². The molecule has 3 aromatic rings. The summed E-state index contributed by atoms with van der Waals surface area (Å²) in [5, 5.41) is 11.7. The molecule has 0 bridgehead atoms. The van der Waals surface area contributed by atoms with E-state index >= 15 is 0 Å². The predicted octanol–water partition coefficient (Wildman–Crippen LogP) is 3.53. The highest BCUT2D eigenvalue weighted by Gasteiger charge is 2.24. The van der Waals surface area contributed by atoms with Gasteiger partial charge in [0.25, 0.3) is 0 Å². The van der Waals surface area contributed by atoms with Gasteiger partial charge in [0.15, 0.2) is 17.3 Å². The number of nitrogens with one attached hydrogen (secondary N) is 1. The average molecular weight is 480 g/mol. The van der Waals surface area contributed by atoms with Crippen LogP contribution in [0.4, 0.5) is 16.3 Å². The molecule has 2 amide bonds. The quantitative estimate of drug-likeness (QED) is 0.550. The van der Waals surface area contributed by atoms with E-state index in [4.69, 9.17) is 18.9 Å². The van der Waals surface area contributed by atoms with E-state index in [9.17, 15) is 4.79 Å². The molecule has 1 aromatic heterocycles. The minimum atomic E-state index is -0.206. The smallest absolute Gasteiger partial charge is 0.322 e. The van der Waals surface area contributed by atoms with Crippen molar-refractivity contribution in [2.24, 2.45) is 0 Å². The van der Waals surface area contributed by atoms with Crippen molar-refractivity contribution in [1.29, 1.82) is 0 Å². The third-order valence-corrected chi connectivity index (χ3v) is 5.88. The Labute approximate surface area is 204 Å². The summed E-state index contributed by atoms with van der Waals surface area (Å²) in [4.78, 5) is 16.8. The van der Waals surface area contributed by atoms with Crippen LogP contribution in [0.1, 0.15) is 0 Å². The van der Waals surface area contributed by atoms with Crippen molar-refractivity contribution in [1.82, 2.24) is 15.1 Å². The van der Waals surface area contributed by atoms with Gasteiger partial charge in [0, 0.05) is 31.7 Å². The zero-order chi connectivity index (χ0) is 24.8. The Kier molecular flexibility index (Phi) is 7.39. The molecule has 0 saturated carbocycles. The lowest BCUT2D eigenvalue weighted by Gasteiger charge is -2.35. The minimum Gasteiger partial charge on any atom is -0.494 e. The molecule has 1 fully saturated rings. The van der Waals surface area contributed by atoms with E-state index < -0.39 is 0 Å². The van der Waals surface area contributed by atoms with Crippen LogP contribution in [0.15, 0.2) is 48.5 Å². The van der Waals surface area contributed by atoms with Gasteiger partial charge in [-0.3, -0.25) is 0 Å². The summed E-state index contributed by atoms with van der Waals surface area (Å²) in [6, 6.07) is 14.7. The van der Waals surface area contributed by atoms with Crippen molar-refractivity contribution in [2.45, 2.75) is 0 Å². The molecule has 0 spiro atoms. The number of ether oxygens (including phenoxy) is 4. The molecule has 0 aliphatic carbocycles. The molecular weight excluding hydrogens is 450 g/mol. The summed E-state index contributed by atoms with van der Waals surface area (Å²) >= 11 is 0.